The maximum atomic E-state index is 10.4. The summed E-state index contributed by atoms with van der Waals surface area (Å²) in [5.74, 6) is -1.17. The number of aromatic nitrogens is 1. The van der Waals surface area contributed by atoms with Gasteiger partial charge in [-0.1, -0.05) is 23.2 Å². The van der Waals surface area contributed by atoms with Crippen LogP contribution in [0, 0.1) is 0 Å². The number of aromatic carboxylic acids is 1. The predicted octanol–water partition coefficient (Wildman–Crippen LogP) is 2.50. The summed E-state index contributed by atoms with van der Waals surface area (Å²) in [7, 11) is 0. The third-order valence-electron chi connectivity index (χ3n) is 1.06. The molecule has 1 rings (SSSR count). The summed E-state index contributed by atoms with van der Waals surface area (Å²) in [5.41, 5.74) is -0.151. The van der Waals surface area contributed by atoms with Gasteiger partial charge in [0.1, 0.15) is 10.8 Å². The first-order valence-electron chi connectivity index (χ1n) is 2.50. The maximum Gasteiger partial charge on any atom is 0.353 e. The molecule has 0 unspecified atom stereocenters. The highest BCUT2D eigenvalue weighted by atomic mass is 35.5. The Balaban J connectivity index is 3.29. The van der Waals surface area contributed by atoms with Gasteiger partial charge in [0.15, 0.2) is 0 Å². The van der Waals surface area contributed by atoms with Gasteiger partial charge in [-0.15, -0.1) is 0 Å². The first kappa shape index (κ1) is 8.71. The first-order valence-corrected chi connectivity index (χ1v) is 3.59. The van der Waals surface area contributed by atoms with Gasteiger partial charge in [-0.2, -0.15) is 0 Å². The van der Waals surface area contributed by atoms with Crippen molar-refractivity contribution in [1.82, 2.24) is 4.09 Å². The lowest BCUT2D eigenvalue weighted by molar-refractivity contribution is 0.0689. The van der Waals surface area contributed by atoms with E-state index in [9.17, 15) is 4.79 Å². The fraction of sp³-hybridized carbons (Fsp3) is 0. The van der Waals surface area contributed by atoms with Gasteiger partial charge in [0.05, 0.1) is 5.02 Å². The molecule has 0 atom stereocenters. The molecule has 0 spiro atoms. The van der Waals surface area contributed by atoms with E-state index in [1.54, 1.807) is 0 Å². The molecule has 1 heterocycles. The smallest absolute Gasteiger partial charge is 0.353 e. The quantitative estimate of drug-likeness (QED) is 0.780. The van der Waals surface area contributed by atoms with E-state index in [1.807, 2.05) is 0 Å². The Morgan fingerprint density at radius 1 is 1.55 bits per heavy atom. The van der Waals surface area contributed by atoms with E-state index in [2.05, 4.69) is 0 Å². The Kier molecular flexibility index (Phi) is 2.32. The molecule has 6 heteroatoms. The minimum atomic E-state index is -1.17. The lowest BCUT2D eigenvalue weighted by Crippen LogP contribution is -2.00. The summed E-state index contributed by atoms with van der Waals surface area (Å²) in [6, 6.07) is 1.18. The van der Waals surface area contributed by atoms with Crippen LogP contribution in [0.25, 0.3) is 0 Å². The number of hydrogen-bond acceptors (Lipinski definition) is 1. The first-order chi connectivity index (χ1) is 5.04. The van der Waals surface area contributed by atoms with E-state index >= 15 is 0 Å². The van der Waals surface area contributed by atoms with Crippen molar-refractivity contribution in [3.8, 4) is 0 Å². The van der Waals surface area contributed by atoms with Crippen molar-refractivity contribution in [2.75, 3.05) is 0 Å². The number of carboxylic acid groups (broad SMARTS) is 1. The zero-order valence-electron chi connectivity index (χ0n) is 5.01. The second kappa shape index (κ2) is 2.93. The number of rotatable bonds is 1. The van der Waals surface area contributed by atoms with Crippen molar-refractivity contribution in [3.63, 3.8) is 0 Å². The second-order valence-electron chi connectivity index (χ2n) is 1.75. The summed E-state index contributed by atoms with van der Waals surface area (Å²) in [4.78, 5) is 10.4. The molecular formula is C5H2Cl3NO2. The molecule has 1 N–H and O–H groups in total. The largest absolute Gasteiger partial charge is 0.477 e. The zero-order valence-corrected chi connectivity index (χ0v) is 7.28. The van der Waals surface area contributed by atoms with Crippen LogP contribution in [0.15, 0.2) is 6.07 Å². The van der Waals surface area contributed by atoms with Gasteiger partial charge in [0.25, 0.3) is 0 Å². The predicted molar refractivity (Wildman–Crippen MR) is 42.7 cm³/mol. The molecule has 0 aliphatic rings. The Morgan fingerprint density at radius 2 is 2.09 bits per heavy atom. The van der Waals surface area contributed by atoms with Crippen molar-refractivity contribution < 1.29 is 9.90 Å². The fourth-order valence-electron chi connectivity index (χ4n) is 0.581. The lowest BCUT2D eigenvalue weighted by Gasteiger charge is -1.92. The molecule has 0 aliphatic carbocycles. The van der Waals surface area contributed by atoms with E-state index in [0.29, 0.717) is 0 Å². The van der Waals surface area contributed by atoms with Crippen LogP contribution in [-0.2, 0) is 0 Å². The molecular weight excluding hydrogens is 212 g/mol. The van der Waals surface area contributed by atoms with Crippen molar-refractivity contribution in [1.29, 1.82) is 0 Å². The molecule has 0 saturated heterocycles. The van der Waals surface area contributed by atoms with Crippen molar-refractivity contribution in [3.05, 3.63) is 21.9 Å². The standard InChI is InChI=1S/C5H2Cl3NO2/c6-2-1-3(5(10)11)9(8)4(2)7/h1H,(H,10,11). The summed E-state index contributed by atoms with van der Waals surface area (Å²) in [6.07, 6.45) is 0. The van der Waals surface area contributed by atoms with Gasteiger partial charge in [-0.3, -0.25) is 0 Å². The van der Waals surface area contributed by atoms with Crippen LogP contribution in [0.2, 0.25) is 10.2 Å². The number of hydrogen-bond donors (Lipinski definition) is 1. The average molecular weight is 214 g/mol. The molecule has 0 aliphatic heterocycles. The van der Waals surface area contributed by atoms with Crippen LogP contribution in [0.5, 0.6) is 0 Å². The Hall–Kier alpha value is -0.380. The second-order valence-corrected chi connectivity index (χ2v) is 2.86. The average Bonchev–Trinajstić information content (AvgIpc) is 2.17. The third-order valence-corrected chi connectivity index (χ3v) is 2.26. The van der Waals surface area contributed by atoms with Gasteiger partial charge in [-0.25, -0.2) is 8.88 Å². The van der Waals surface area contributed by atoms with Gasteiger partial charge in [0.2, 0.25) is 0 Å². The summed E-state index contributed by atoms with van der Waals surface area (Å²) < 4.78 is 0.784. The highest BCUT2D eigenvalue weighted by Gasteiger charge is 2.15. The van der Waals surface area contributed by atoms with Crippen molar-refractivity contribution in [2.45, 2.75) is 0 Å². The highest BCUT2D eigenvalue weighted by Crippen LogP contribution is 2.27. The topological polar surface area (TPSA) is 42.2 Å². The van der Waals surface area contributed by atoms with E-state index in [0.717, 1.165) is 4.09 Å². The van der Waals surface area contributed by atoms with E-state index in [-0.39, 0.29) is 15.9 Å². The van der Waals surface area contributed by atoms with Crippen LogP contribution in [0.3, 0.4) is 0 Å². The zero-order chi connectivity index (χ0) is 8.59. The minimum Gasteiger partial charge on any atom is -0.477 e. The van der Waals surface area contributed by atoms with Crippen LogP contribution in [0.1, 0.15) is 10.5 Å². The van der Waals surface area contributed by atoms with Gasteiger partial charge in [0, 0.05) is 11.8 Å². The molecule has 11 heavy (non-hydrogen) atoms. The van der Waals surface area contributed by atoms with E-state index < -0.39 is 5.97 Å². The molecule has 0 bridgehead atoms. The molecule has 1 aromatic heterocycles. The van der Waals surface area contributed by atoms with E-state index in [4.69, 9.17) is 40.1 Å². The van der Waals surface area contributed by atoms with Crippen molar-refractivity contribution in [2.24, 2.45) is 0 Å². The monoisotopic (exact) mass is 213 g/mol. The molecule has 0 aromatic carbocycles. The Labute approximate surface area is 77.2 Å². The van der Waals surface area contributed by atoms with Crippen LogP contribution >= 0.6 is 35.0 Å². The maximum absolute atomic E-state index is 10.4. The van der Waals surface area contributed by atoms with Crippen molar-refractivity contribution >= 4 is 40.9 Å². The Bertz CT molecular complexity index is 307. The SMILES string of the molecule is O=C(O)c1cc(Cl)c(Cl)n1Cl. The molecule has 3 nitrogen and oxygen atoms in total. The molecule has 0 saturated carbocycles. The normalized spacial score (nSPS) is 10.1. The van der Waals surface area contributed by atoms with Crippen LogP contribution < -0.4 is 0 Å². The highest BCUT2D eigenvalue weighted by molar-refractivity contribution is 6.43. The number of carbonyl (C=O) groups is 1. The number of carboxylic acids is 1. The summed E-state index contributed by atoms with van der Waals surface area (Å²) in [5, 5.41) is 8.61. The van der Waals surface area contributed by atoms with Crippen LogP contribution in [0.4, 0.5) is 0 Å². The number of nitrogens with zero attached hydrogens (tertiary/aromatic N) is 1. The molecule has 0 fully saturated rings. The minimum absolute atomic E-state index is 0.00531. The summed E-state index contributed by atoms with van der Waals surface area (Å²) >= 11 is 16.4. The van der Waals surface area contributed by atoms with E-state index in [1.165, 1.54) is 6.07 Å². The molecule has 0 amide bonds. The molecule has 1 aromatic rings. The van der Waals surface area contributed by atoms with Gasteiger partial charge >= 0.3 is 5.97 Å². The van der Waals surface area contributed by atoms with Crippen LogP contribution in [-0.4, -0.2) is 15.2 Å². The number of halogens is 3. The summed E-state index contributed by atoms with van der Waals surface area (Å²) in [6.45, 7) is 0. The lowest BCUT2D eigenvalue weighted by atomic mass is 10.4. The Morgan fingerprint density at radius 3 is 2.27 bits per heavy atom. The fourth-order valence-corrected chi connectivity index (χ4v) is 1.17. The molecule has 0 radical (unpaired) electrons. The molecule has 60 valence electrons. The van der Waals surface area contributed by atoms with Gasteiger partial charge < -0.3 is 5.11 Å². The third kappa shape index (κ3) is 1.45. The van der Waals surface area contributed by atoms with Gasteiger partial charge in [-0.05, 0) is 6.07 Å².